The van der Waals surface area contributed by atoms with E-state index in [9.17, 15) is 9.18 Å². The lowest BCUT2D eigenvalue weighted by Crippen LogP contribution is -2.45. The Morgan fingerprint density at radius 1 is 1.50 bits per heavy atom. The van der Waals surface area contributed by atoms with Gasteiger partial charge in [0.15, 0.2) is 0 Å². The van der Waals surface area contributed by atoms with Crippen LogP contribution in [-0.2, 0) is 16.1 Å². The molecule has 0 bridgehead atoms. The van der Waals surface area contributed by atoms with Crippen LogP contribution in [-0.4, -0.2) is 30.1 Å². The zero-order valence-electron chi connectivity index (χ0n) is 11.6. The first-order valence-corrected chi connectivity index (χ1v) is 7.34. The van der Waals surface area contributed by atoms with E-state index in [0.29, 0.717) is 18.2 Å². The molecular weight excluding hydrogens is 281 g/mol. The number of hydrogen-bond acceptors (Lipinski definition) is 3. The van der Waals surface area contributed by atoms with Crippen LogP contribution < -0.4 is 0 Å². The molecule has 20 heavy (non-hydrogen) atoms. The summed E-state index contributed by atoms with van der Waals surface area (Å²) in [4.78, 5) is 14.1. The molecule has 1 saturated heterocycles. The lowest BCUT2D eigenvalue weighted by molar-refractivity contribution is -0.151. The van der Waals surface area contributed by atoms with Gasteiger partial charge in [0.05, 0.1) is 6.61 Å². The highest BCUT2D eigenvalue weighted by molar-refractivity contribution is 6.31. The first-order chi connectivity index (χ1) is 9.61. The third-order valence-electron chi connectivity index (χ3n) is 3.56. The Labute approximate surface area is 123 Å². The van der Waals surface area contributed by atoms with Gasteiger partial charge in [0.2, 0.25) is 0 Å². The first-order valence-electron chi connectivity index (χ1n) is 6.96. The van der Waals surface area contributed by atoms with Gasteiger partial charge in [-0.2, -0.15) is 0 Å². The van der Waals surface area contributed by atoms with Crippen LogP contribution in [0.3, 0.4) is 0 Å². The van der Waals surface area contributed by atoms with E-state index in [1.807, 2.05) is 6.92 Å². The SMILES string of the molecule is CCOC(=O)C1CCCCN1Cc1ccc(F)cc1Cl. The summed E-state index contributed by atoms with van der Waals surface area (Å²) < 4.78 is 18.2. The number of hydrogen-bond donors (Lipinski definition) is 0. The van der Waals surface area contributed by atoms with Gasteiger partial charge >= 0.3 is 5.97 Å². The molecule has 1 aromatic carbocycles. The molecule has 110 valence electrons. The minimum absolute atomic E-state index is 0.176. The zero-order valence-corrected chi connectivity index (χ0v) is 12.3. The molecule has 1 unspecified atom stereocenters. The Morgan fingerprint density at radius 3 is 3.00 bits per heavy atom. The number of halogens is 2. The van der Waals surface area contributed by atoms with E-state index in [1.165, 1.54) is 12.1 Å². The smallest absolute Gasteiger partial charge is 0.323 e. The summed E-state index contributed by atoms with van der Waals surface area (Å²) in [5.74, 6) is -0.523. The van der Waals surface area contributed by atoms with Crippen LogP contribution in [0.4, 0.5) is 4.39 Å². The van der Waals surface area contributed by atoms with E-state index in [0.717, 1.165) is 31.4 Å². The third-order valence-corrected chi connectivity index (χ3v) is 3.91. The van der Waals surface area contributed by atoms with Crippen LogP contribution in [0.5, 0.6) is 0 Å². The van der Waals surface area contributed by atoms with Crippen molar-refractivity contribution >= 4 is 17.6 Å². The topological polar surface area (TPSA) is 29.5 Å². The Hall–Kier alpha value is -1.13. The van der Waals surface area contributed by atoms with Gasteiger partial charge in [-0.15, -0.1) is 0 Å². The number of rotatable bonds is 4. The van der Waals surface area contributed by atoms with E-state index >= 15 is 0 Å². The molecule has 1 aliphatic rings. The molecule has 1 aliphatic heterocycles. The van der Waals surface area contributed by atoms with Gasteiger partial charge < -0.3 is 4.74 Å². The summed E-state index contributed by atoms with van der Waals surface area (Å²) in [5, 5.41) is 0.401. The van der Waals surface area contributed by atoms with E-state index < -0.39 is 0 Å². The second-order valence-corrected chi connectivity index (χ2v) is 5.38. The lowest BCUT2D eigenvalue weighted by Gasteiger charge is -2.34. The normalized spacial score (nSPS) is 19.9. The minimum atomic E-state index is -0.348. The Kier molecular flexibility index (Phi) is 5.38. The Bertz CT molecular complexity index is 481. The van der Waals surface area contributed by atoms with Crippen LogP contribution in [0.2, 0.25) is 5.02 Å². The van der Waals surface area contributed by atoms with Gasteiger partial charge in [-0.25, -0.2) is 4.39 Å². The predicted octanol–water partition coefficient (Wildman–Crippen LogP) is 3.40. The summed E-state index contributed by atoms with van der Waals surface area (Å²) in [5.41, 5.74) is 0.837. The molecule has 0 aliphatic carbocycles. The number of carbonyl (C=O) groups excluding carboxylic acids is 1. The van der Waals surface area contributed by atoms with Crippen LogP contribution in [0, 0.1) is 5.82 Å². The quantitative estimate of drug-likeness (QED) is 0.798. The number of carbonyl (C=O) groups is 1. The van der Waals surface area contributed by atoms with Crippen molar-refractivity contribution in [2.24, 2.45) is 0 Å². The molecule has 2 rings (SSSR count). The van der Waals surface area contributed by atoms with Gasteiger partial charge in [0, 0.05) is 11.6 Å². The molecule has 3 nitrogen and oxygen atoms in total. The number of ether oxygens (including phenoxy) is 1. The van der Waals surface area contributed by atoms with Crippen molar-refractivity contribution < 1.29 is 13.9 Å². The first kappa shape index (κ1) is 15.3. The van der Waals surface area contributed by atoms with E-state index in [2.05, 4.69) is 4.90 Å². The molecular formula is C15H19ClFNO2. The molecule has 1 fully saturated rings. The molecule has 0 N–H and O–H groups in total. The van der Waals surface area contributed by atoms with E-state index in [-0.39, 0.29) is 17.8 Å². The number of nitrogens with zero attached hydrogens (tertiary/aromatic N) is 1. The largest absolute Gasteiger partial charge is 0.465 e. The average Bonchev–Trinajstić information content (AvgIpc) is 2.43. The van der Waals surface area contributed by atoms with Crippen molar-refractivity contribution in [3.05, 3.63) is 34.6 Å². The summed E-state index contributed by atoms with van der Waals surface area (Å²) in [6.07, 6.45) is 2.88. The highest BCUT2D eigenvalue weighted by Crippen LogP contribution is 2.24. The minimum Gasteiger partial charge on any atom is -0.465 e. The van der Waals surface area contributed by atoms with E-state index in [4.69, 9.17) is 16.3 Å². The highest BCUT2D eigenvalue weighted by atomic mass is 35.5. The van der Waals surface area contributed by atoms with Gasteiger partial charge in [0.1, 0.15) is 11.9 Å². The highest BCUT2D eigenvalue weighted by Gasteiger charge is 2.30. The summed E-state index contributed by atoms with van der Waals surface area (Å²) >= 11 is 6.05. The maximum Gasteiger partial charge on any atom is 0.323 e. The van der Waals surface area contributed by atoms with Crippen LogP contribution in [0.15, 0.2) is 18.2 Å². The maximum atomic E-state index is 13.1. The maximum absolute atomic E-state index is 13.1. The number of likely N-dealkylation sites (tertiary alicyclic amines) is 1. The molecule has 0 spiro atoms. The Morgan fingerprint density at radius 2 is 2.30 bits per heavy atom. The van der Waals surface area contributed by atoms with Crippen molar-refractivity contribution in [2.45, 2.75) is 38.8 Å². The van der Waals surface area contributed by atoms with Crippen molar-refractivity contribution in [2.75, 3.05) is 13.2 Å². The number of piperidine rings is 1. The second-order valence-electron chi connectivity index (χ2n) is 4.97. The molecule has 1 aromatic rings. The summed E-state index contributed by atoms with van der Waals surface area (Å²) in [7, 11) is 0. The van der Waals surface area contributed by atoms with Gasteiger partial charge in [-0.3, -0.25) is 9.69 Å². The monoisotopic (exact) mass is 299 g/mol. The fourth-order valence-electron chi connectivity index (χ4n) is 2.55. The van der Waals surface area contributed by atoms with Crippen LogP contribution in [0.1, 0.15) is 31.7 Å². The van der Waals surface area contributed by atoms with Crippen LogP contribution >= 0.6 is 11.6 Å². The molecule has 1 heterocycles. The molecule has 0 aromatic heterocycles. The number of esters is 1. The van der Waals surface area contributed by atoms with Gasteiger partial charge in [0.25, 0.3) is 0 Å². The van der Waals surface area contributed by atoms with Crippen molar-refractivity contribution in [1.29, 1.82) is 0 Å². The molecule has 0 amide bonds. The fourth-order valence-corrected chi connectivity index (χ4v) is 2.78. The standard InChI is InChI=1S/C15H19ClFNO2/c1-2-20-15(19)14-5-3-4-8-18(14)10-11-6-7-12(17)9-13(11)16/h6-7,9,14H,2-5,8,10H2,1H3. The zero-order chi connectivity index (χ0) is 14.5. The van der Waals surface area contributed by atoms with E-state index in [1.54, 1.807) is 6.07 Å². The molecule has 5 heteroatoms. The van der Waals surface area contributed by atoms with Crippen LogP contribution in [0.25, 0.3) is 0 Å². The van der Waals surface area contributed by atoms with Crippen molar-refractivity contribution in [3.8, 4) is 0 Å². The Balaban J connectivity index is 2.10. The third kappa shape index (κ3) is 3.70. The molecule has 0 radical (unpaired) electrons. The van der Waals surface area contributed by atoms with Crippen molar-refractivity contribution in [3.63, 3.8) is 0 Å². The average molecular weight is 300 g/mol. The second kappa shape index (κ2) is 7.04. The summed E-state index contributed by atoms with van der Waals surface area (Å²) in [6.45, 7) is 3.57. The fraction of sp³-hybridized carbons (Fsp3) is 0.533. The predicted molar refractivity (Wildman–Crippen MR) is 76.1 cm³/mol. The summed E-state index contributed by atoms with van der Waals surface area (Å²) in [6, 6.07) is 4.16. The number of benzene rings is 1. The lowest BCUT2D eigenvalue weighted by atomic mass is 10.0. The van der Waals surface area contributed by atoms with Crippen molar-refractivity contribution in [1.82, 2.24) is 4.90 Å². The van der Waals surface area contributed by atoms with Gasteiger partial charge in [-0.05, 0) is 44.0 Å². The molecule has 0 saturated carbocycles. The van der Waals surface area contributed by atoms with Gasteiger partial charge in [-0.1, -0.05) is 24.1 Å². The molecule has 1 atom stereocenters.